The van der Waals surface area contributed by atoms with Crippen molar-refractivity contribution in [3.8, 4) is 21.6 Å². The van der Waals surface area contributed by atoms with Crippen LogP contribution < -0.4 is 27.2 Å². The van der Waals surface area contributed by atoms with Gasteiger partial charge in [-0.05, 0) is 160 Å². The van der Waals surface area contributed by atoms with Crippen LogP contribution in [0.15, 0.2) is 90.1 Å². The third-order valence-electron chi connectivity index (χ3n) is 14.4. The molecular weight excluding hydrogens is 967 g/mol. The van der Waals surface area contributed by atoms with Crippen LogP contribution in [0.1, 0.15) is 143 Å². The van der Waals surface area contributed by atoms with Crippen molar-refractivity contribution in [3.05, 3.63) is 129 Å². The van der Waals surface area contributed by atoms with Gasteiger partial charge in [0.15, 0.2) is 0 Å². The van der Waals surface area contributed by atoms with Crippen LogP contribution in [0.25, 0.3) is 32.5 Å². The average molecular weight is 1050 g/mol. The standard InChI is InChI=1S/C38H47F2N5O3.C20H28N2OS.C2H5N/c1-25-18-32-34(43(2)38(25)47)20-28(26-12-16-48-17-13-26)21-35(32)45-15-9-10-27-19-30(31(37(39)40)22-33(27)45)29-23-42-44(24-29)14-8-6-4-3-5-7-11-36(41)46;1-15(2)11-18(5-4-10-21-13-23)12-17-6-8-19(9-7-17)20-16(3)22-14-24-20;1-2-3/h18-24,26,37H,3-17H2,1-2H3,(H2,41,46);6-9,13-15,18H,4-5,10-12H2,1-3H3,(H,21,23);2H,1,3H2. The molecule has 2 aliphatic rings. The summed E-state index contributed by atoms with van der Waals surface area (Å²) in [5.41, 5.74) is 22.2. The maximum atomic E-state index is 14.8. The molecule has 0 radical (unpaired) electrons. The first-order chi connectivity index (χ1) is 36.2. The van der Waals surface area contributed by atoms with Gasteiger partial charge in [-0.15, -0.1) is 11.3 Å². The maximum Gasteiger partial charge on any atom is 0.264 e. The molecule has 1 atom stereocenters. The second kappa shape index (κ2) is 29.2. The number of hydrogen-bond acceptors (Lipinski definition) is 9. The molecule has 0 bridgehead atoms. The summed E-state index contributed by atoms with van der Waals surface area (Å²) in [6.45, 7) is 15.2. The fourth-order valence-corrected chi connectivity index (χ4v) is 11.5. The Morgan fingerprint density at radius 2 is 1.69 bits per heavy atom. The summed E-state index contributed by atoms with van der Waals surface area (Å²) in [6.07, 6.45) is 17.4. The monoisotopic (exact) mass is 1050 g/mol. The fraction of sp³-hybridized carbons (Fsp3) is 0.483. The van der Waals surface area contributed by atoms with Gasteiger partial charge in [0, 0.05) is 80.3 Å². The molecule has 8 rings (SSSR count). The van der Waals surface area contributed by atoms with Gasteiger partial charge in [-0.1, -0.05) is 70.4 Å². The molecular formula is C60H80F2N8O4S. The Morgan fingerprint density at radius 3 is 2.36 bits per heavy atom. The van der Waals surface area contributed by atoms with Crippen molar-refractivity contribution >= 4 is 45.9 Å². The van der Waals surface area contributed by atoms with Crippen LogP contribution in [0.4, 0.5) is 20.2 Å². The largest absolute Gasteiger partial charge is 0.405 e. The van der Waals surface area contributed by atoms with Gasteiger partial charge in [0.1, 0.15) is 0 Å². The minimum atomic E-state index is -2.65. The van der Waals surface area contributed by atoms with E-state index in [1.807, 2.05) is 42.5 Å². The van der Waals surface area contributed by atoms with Gasteiger partial charge in [-0.25, -0.2) is 13.8 Å². The highest BCUT2D eigenvalue weighted by Crippen LogP contribution is 2.44. The number of unbranched alkanes of at least 4 members (excludes halogenated alkanes) is 5. The zero-order valence-corrected chi connectivity index (χ0v) is 45.7. The zero-order valence-electron chi connectivity index (χ0n) is 44.9. The first kappa shape index (κ1) is 58.1. The lowest BCUT2D eigenvalue weighted by molar-refractivity contribution is -0.118. The van der Waals surface area contributed by atoms with E-state index >= 15 is 0 Å². The van der Waals surface area contributed by atoms with Gasteiger partial charge in [-0.2, -0.15) is 5.10 Å². The number of primary amides is 1. The lowest BCUT2D eigenvalue weighted by Gasteiger charge is -2.34. The predicted molar refractivity (Wildman–Crippen MR) is 303 cm³/mol. The Kier molecular flexibility index (Phi) is 22.6. The summed E-state index contributed by atoms with van der Waals surface area (Å²) < 4.78 is 38.9. The molecule has 1 saturated heterocycles. The molecule has 15 heteroatoms. The summed E-state index contributed by atoms with van der Waals surface area (Å²) in [5, 5.41) is 8.23. The molecule has 1 fully saturated rings. The summed E-state index contributed by atoms with van der Waals surface area (Å²) in [6, 6.07) is 18.9. The maximum absolute atomic E-state index is 14.8. The first-order valence-electron chi connectivity index (χ1n) is 27.0. The molecule has 0 saturated carbocycles. The second-order valence-electron chi connectivity index (χ2n) is 20.6. The second-order valence-corrected chi connectivity index (χ2v) is 21.5. The number of pyridine rings is 1. The van der Waals surface area contributed by atoms with Crippen molar-refractivity contribution < 1.29 is 23.1 Å². The Labute approximate surface area is 447 Å². The minimum Gasteiger partial charge on any atom is -0.405 e. The number of hydrogen-bond donors (Lipinski definition) is 3. The highest BCUT2D eigenvalue weighted by atomic mass is 32.1. The number of nitrogens with two attached hydrogens (primary N) is 2. The molecule has 2 aliphatic heterocycles. The number of alkyl halides is 2. The van der Waals surface area contributed by atoms with E-state index in [9.17, 15) is 23.2 Å². The number of thiazole rings is 1. The van der Waals surface area contributed by atoms with Crippen molar-refractivity contribution in [3.63, 3.8) is 0 Å². The van der Waals surface area contributed by atoms with Crippen molar-refractivity contribution in [2.75, 3.05) is 31.2 Å². The van der Waals surface area contributed by atoms with Crippen LogP contribution in [0.2, 0.25) is 0 Å². The number of carbonyl (C=O) groups excluding carboxylic acids is 2. The molecule has 0 aliphatic carbocycles. The molecule has 75 heavy (non-hydrogen) atoms. The van der Waals surface area contributed by atoms with Crippen LogP contribution >= 0.6 is 11.3 Å². The number of fused-ring (bicyclic) bond motifs is 2. The zero-order chi connectivity index (χ0) is 53.9. The number of carbonyl (C=O) groups is 2. The summed E-state index contributed by atoms with van der Waals surface area (Å²) in [4.78, 5) is 42.1. The molecule has 404 valence electrons. The predicted octanol–water partition coefficient (Wildman–Crippen LogP) is 12.8. The van der Waals surface area contributed by atoms with Crippen LogP contribution in [0.3, 0.4) is 0 Å². The lowest BCUT2D eigenvalue weighted by Crippen LogP contribution is -2.27. The third-order valence-corrected chi connectivity index (χ3v) is 15.4. The summed E-state index contributed by atoms with van der Waals surface area (Å²) in [5.74, 6) is 1.44. The minimum absolute atomic E-state index is 0.00429. The van der Waals surface area contributed by atoms with E-state index in [1.54, 1.807) is 28.2 Å². The number of amides is 2. The SMILES string of the molecule is C=CN.Cc1cc2c(N3CCCc4cc(-c5cnn(CCCCCCCCC(N)=O)c5)c(C(F)F)cc43)cc(C3CCOCC3)cc2n(C)c1=O.Cc1ncsc1-c1ccc(CC(CCCNC=O)CC(C)C)cc1. The van der Waals surface area contributed by atoms with Gasteiger partial charge in [0.25, 0.3) is 12.0 Å². The number of benzene rings is 3. The molecule has 3 aromatic carbocycles. The Balaban J connectivity index is 0.000000284. The third kappa shape index (κ3) is 16.4. The van der Waals surface area contributed by atoms with E-state index < -0.39 is 6.43 Å². The number of aromatic nitrogens is 4. The molecule has 2 amide bonds. The summed E-state index contributed by atoms with van der Waals surface area (Å²) in [7, 11) is 1.82. The number of rotatable bonds is 23. The number of halogens is 2. The number of anilines is 2. The van der Waals surface area contributed by atoms with Gasteiger partial charge in [0.2, 0.25) is 12.3 Å². The van der Waals surface area contributed by atoms with Crippen LogP contribution in [-0.4, -0.2) is 58.0 Å². The Hall–Kier alpha value is -6.19. The van der Waals surface area contributed by atoms with Crippen molar-refractivity contribution in [1.82, 2.24) is 24.6 Å². The number of nitrogens with one attached hydrogen (secondary N) is 1. The van der Waals surface area contributed by atoms with Crippen molar-refractivity contribution in [2.45, 2.75) is 143 Å². The van der Waals surface area contributed by atoms with Gasteiger partial charge in [-0.3, -0.25) is 19.1 Å². The molecule has 0 spiro atoms. The molecule has 3 aromatic heterocycles. The molecule has 6 aromatic rings. The van der Waals surface area contributed by atoms with E-state index in [-0.39, 0.29) is 17.0 Å². The lowest BCUT2D eigenvalue weighted by atomic mass is 9.87. The molecule has 1 unspecified atom stereocenters. The highest BCUT2D eigenvalue weighted by Gasteiger charge is 2.28. The fourth-order valence-electron chi connectivity index (χ4n) is 10.7. The van der Waals surface area contributed by atoms with Gasteiger partial charge >= 0.3 is 0 Å². The first-order valence-corrected chi connectivity index (χ1v) is 27.8. The van der Waals surface area contributed by atoms with Gasteiger partial charge in [0.05, 0.1) is 33.5 Å². The van der Waals surface area contributed by atoms with E-state index in [0.29, 0.717) is 60.6 Å². The van der Waals surface area contributed by atoms with Crippen molar-refractivity contribution in [2.24, 2.45) is 30.4 Å². The van der Waals surface area contributed by atoms with Crippen LogP contribution in [0, 0.1) is 25.7 Å². The highest BCUT2D eigenvalue weighted by molar-refractivity contribution is 7.13. The molecule has 12 nitrogen and oxygen atoms in total. The van der Waals surface area contributed by atoms with E-state index in [4.69, 9.17) is 10.5 Å². The number of ether oxygens (including phenoxy) is 1. The Morgan fingerprint density at radius 1 is 0.973 bits per heavy atom. The summed E-state index contributed by atoms with van der Waals surface area (Å²) >= 11 is 1.70. The van der Waals surface area contributed by atoms with E-state index in [0.717, 1.165) is 142 Å². The van der Waals surface area contributed by atoms with E-state index in [1.165, 1.54) is 28.6 Å². The number of nitrogens with zero attached hydrogens (tertiary/aromatic N) is 5. The number of aryl methyl sites for hydroxylation is 5. The van der Waals surface area contributed by atoms with Gasteiger partial charge < -0.3 is 31.0 Å². The molecule has 5 heterocycles. The topological polar surface area (TPSA) is 163 Å². The van der Waals surface area contributed by atoms with Crippen LogP contribution in [0.5, 0.6) is 0 Å². The smallest absolute Gasteiger partial charge is 0.264 e. The van der Waals surface area contributed by atoms with Crippen LogP contribution in [-0.2, 0) is 40.8 Å². The van der Waals surface area contributed by atoms with E-state index in [2.05, 4.69) is 89.8 Å². The molecule has 5 N–H and O–H groups in total. The average Bonchev–Trinajstić information content (AvgIpc) is 4.07. The van der Waals surface area contributed by atoms with Crippen molar-refractivity contribution in [1.29, 1.82) is 0 Å². The normalized spacial score (nSPS) is 14.0. The quantitative estimate of drug-likeness (QED) is 0.0422. The Bertz CT molecular complexity index is 2830.